The van der Waals surface area contributed by atoms with Crippen LogP contribution in [0.4, 0.5) is 14.6 Å². The molecule has 0 radical (unpaired) electrons. The smallest absolute Gasteiger partial charge is 0.244 e. The van der Waals surface area contributed by atoms with Crippen LogP contribution >= 0.6 is 0 Å². The highest BCUT2D eigenvalue weighted by molar-refractivity contribution is 6.05. The van der Waals surface area contributed by atoms with Gasteiger partial charge in [-0.15, -0.1) is 0 Å². The van der Waals surface area contributed by atoms with Gasteiger partial charge in [0.2, 0.25) is 11.8 Å². The maximum absolute atomic E-state index is 13.8. The van der Waals surface area contributed by atoms with Crippen LogP contribution in [-0.2, 0) is 11.3 Å². The van der Waals surface area contributed by atoms with Gasteiger partial charge in [0.25, 0.3) is 0 Å². The predicted molar refractivity (Wildman–Crippen MR) is 166 cm³/mol. The summed E-state index contributed by atoms with van der Waals surface area (Å²) >= 11 is 0. The SMILES string of the molecule is CCC1C=C(c2ccc(F)cc2)N(CC(=O)N2CCN(c3cc(OCCn4ccnc4)ncn3)CC2)N=C1c1ccc(F)cc1. The number of hydrogen-bond acceptors (Lipinski definition) is 8. The third kappa shape index (κ3) is 7.17. The van der Waals surface area contributed by atoms with Crippen molar-refractivity contribution in [2.24, 2.45) is 11.0 Å². The first-order valence-electron chi connectivity index (χ1n) is 15.0. The number of aromatic nitrogens is 4. The third-order valence-corrected chi connectivity index (χ3v) is 7.96. The highest BCUT2D eigenvalue weighted by atomic mass is 19.1. The Bertz CT molecular complexity index is 1650. The third-order valence-electron chi connectivity index (χ3n) is 7.96. The summed E-state index contributed by atoms with van der Waals surface area (Å²) in [6, 6.07) is 14.2. The Morgan fingerprint density at radius 3 is 2.33 bits per heavy atom. The van der Waals surface area contributed by atoms with Crippen LogP contribution in [0.1, 0.15) is 24.5 Å². The molecule has 0 spiro atoms. The lowest BCUT2D eigenvalue weighted by Gasteiger charge is -2.37. The molecule has 232 valence electrons. The van der Waals surface area contributed by atoms with Crippen molar-refractivity contribution in [1.29, 1.82) is 0 Å². The standard InChI is InChI=1S/C33H34F2N8O2/c1-2-24-19-29(25-3-7-27(34)8-4-25)43(39-33(24)26-5-9-28(35)10-6-26)21-32(44)42-15-13-41(14-16-42)30-20-31(38-22-37-30)45-18-17-40-12-11-36-23-40/h3-12,19-20,22-24H,2,13-18,21H2,1H3. The lowest BCUT2D eigenvalue weighted by Crippen LogP contribution is -2.51. The quantitative estimate of drug-likeness (QED) is 0.261. The van der Waals surface area contributed by atoms with E-state index in [0.717, 1.165) is 34.8 Å². The molecule has 0 saturated carbocycles. The summed E-state index contributed by atoms with van der Waals surface area (Å²) in [6.45, 7) is 5.38. The summed E-state index contributed by atoms with van der Waals surface area (Å²) in [5.74, 6) is 0.433. The number of amides is 1. The lowest BCUT2D eigenvalue weighted by molar-refractivity contribution is -0.132. The van der Waals surface area contributed by atoms with Gasteiger partial charge in [0.05, 0.1) is 24.3 Å². The Morgan fingerprint density at radius 1 is 0.956 bits per heavy atom. The molecule has 1 fully saturated rings. The number of nitrogens with zero attached hydrogens (tertiary/aromatic N) is 8. The highest BCUT2D eigenvalue weighted by Crippen LogP contribution is 2.31. The van der Waals surface area contributed by atoms with Crippen molar-refractivity contribution in [3.8, 4) is 5.88 Å². The van der Waals surface area contributed by atoms with Crippen molar-refractivity contribution < 1.29 is 18.3 Å². The number of benzene rings is 2. The number of hydrazone groups is 1. The van der Waals surface area contributed by atoms with Gasteiger partial charge in [0.15, 0.2) is 0 Å². The van der Waals surface area contributed by atoms with Gasteiger partial charge < -0.3 is 19.1 Å². The number of imidazole rings is 1. The Morgan fingerprint density at radius 2 is 1.67 bits per heavy atom. The van der Waals surface area contributed by atoms with E-state index in [-0.39, 0.29) is 30.0 Å². The van der Waals surface area contributed by atoms with Crippen LogP contribution in [0.25, 0.3) is 5.70 Å². The average molecular weight is 613 g/mol. The van der Waals surface area contributed by atoms with Crippen LogP contribution in [-0.4, -0.2) is 80.4 Å². The van der Waals surface area contributed by atoms with E-state index < -0.39 is 0 Å². The summed E-state index contributed by atoms with van der Waals surface area (Å²) in [7, 11) is 0. The summed E-state index contributed by atoms with van der Waals surface area (Å²) in [4.78, 5) is 30.3. The first-order chi connectivity index (χ1) is 22.0. The highest BCUT2D eigenvalue weighted by Gasteiger charge is 2.29. The number of rotatable bonds is 10. The Balaban J connectivity index is 1.13. The second kappa shape index (κ2) is 13.7. The molecule has 6 rings (SSSR count). The van der Waals surface area contributed by atoms with Crippen LogP contribution in [0.5, 0.6) is 5.88 Å². The Hall–Kier alpha value is -5.13. The first kappa shape index (κ1) is 29.9. The molecule has 1 atom stereocenters. The van der Waals surface area contributed by atoms with Crippen molar-refractivity contribution in [3.63, 3.8) is 0 Å². The van der Waals surface area contributed by atoms with Crippen molar-refractivity contribution in [2.45, 2.75) is 19.9 Å². The summed E-state index contributed by atoms with van der Waals surface area (Å²) in [5.41, 5.74) is 3.05. The molecular formula is C33H34F2N8O2. The van der Waals surface area contributed by atoms with Crippen molar-refractivity contribution in [1.82, 2.24) is 29.4 Å². The predicted octanol–water partition coefficient (Wildman–Crippen LogP) is 4.47. The molecule has 10 nitrogen and oxygen atoms in total. The molecule has 0 bridgehead atoms. The molecule has 12 heteroatoms. The van der Waals surface area contributed by atoms with Crippen LogP contribution in [0.2, 0.25) is 0 Å². The zero-order chi connectivity index (χ0) is 31.2. The maximum Gasteiger partial charge on any atom is 0.244 e. The summed E-state index contributed by atoms with van der Waals surface area (Å²) < 4.78 is 35.2. The molecule has 4 heterocycles. The molecule has 1 amide bonds. The first-order valence-corrected chi connectivity index (χ1v) is 15.0. The van der Waals surface area contributed by atoms with Gasteiger partial charge in [-0.2, -0.15) is 5.10 Å². The van der Waals surface area contributed by atoms with Crippen molar-refractivity contribution in [2.75, 3.05) is 44.2 Å². The number of allylic oxidation sites excluding steroid dienone is 1. The topological polar surface area (TPSA) is 92.0 Å². The van der Waals surface area contributed by atoms with E-state index in [1.54, 1.807) is 41.8 Å². The fourth-order valence-corrected chi connectivity index (χ4v) is 5.47. The van der Waals surface area contributed by atoms with Gasteiger partial charge in [-0.25, -0.2) is 23.7 Å². The van der Waals surface area contributed by atoms with Crippen LogP contribution in [0.15, 0.2) is 90.8 Å². The molecule has 45 heavy (non-hydrogen) atoms. The van der Waals surface area contributed by atoms with Crippen molar-refractivity contribution >= 4 is 23.1 Å². The minimum absolute atomic E-state index is 0.00670. The number of halogens is 2. The number of piperazine rings is 1. The van der Waals surface area contributed by atoms with E-state index in [1.165, 1.54) is 30.6 Å². The molecule has 1 saturated heterocycles. The number of ether oxygens (including phenoxy) is 1. The molecule has 2 aliphatic rings. The minimum Gasteiger partial charge on any atom is -0.476 e. The monoisotopic (exact) mass is 612 g/mol. The van der Waals surface area contributed by atoms with Crippen LogP contribution < -0.4 is 9.64 Å². The number of carbonyl (C=O) groups is 1. The van der Waals surface area contributed by atoms with Gasteiger partial charge in [-0.1, -0.05) is 19.1 Å². The summed E-state index contributed by atoms with van der Waals surface area (Å²) in [5, 5.41) is 6.62. The van der Waals surface area contributed by atoms with Gasteiger partial charge in [-0.05, 0) is 60.0 Å². The Labute approximate surface area is 260 Å². The van der Waals surface area contributed by atoms with E-state index >= 15 is 0 Å². The van der Waals surface area contributed by atoms with Gasteiger partial charge in [0.1, 0.15) is 36.9 Å². The average Bonchev–Trinajstić information content (AvgIpc) is 3.59. The lowest BCUT2D eigenvalue weighted by atomic mass is 9.91. The summed E-state index contributed by atoms with van der Waals surface area (Å²) in [6.07, 6.45) is 9.64. The molecule has 1 unspecified atom stereocenters. The normalized spacial score (nSPS) is 16.8. The van der Waals surface area contributed by atoms with Crippen LogP contribution in [0.3, 0.4) is 0 Å². The number of anilines is 1. The molecule has 4 aromatic rings. The zero-order valence-electron chi connectivity index (χ0n) is 25.0. The van der Waals surface area contributed by atoms with Crippen LogP contribution in [0, 0.1) is 17.6 Å². The van der Waals surface area contributed by atoms with E-state index in [4.69, 9.17) is 9.84 Å². The Kier molecular flexibility index (Phi) is 9.09. The molecule has 0 N–H and O–H groups in total. The molecular weight excluding hydrogens is 578 g/mol. The van der Waals surface area contributed by atoms with Gasteiger partial charge in [0, 0.05) is 50.6 Å². The van der Waals surface area contributed by atoms with Gasteiger partial charge in [-0.3, -0.25) is 9.80 Å². The number of carbonyl (C=O) groups excluding carboxylic acids is 1. The zero-order valence-corrected chi connectivity index (χ0v) is 25.0. The second-order valence-electron chi connectivity index (χ2n) is 10.9. The second-order valence-corrected chi connectivity index (χ2v) is 10.9. The van der Waals surface area contributed by atoms with Crippen molar-refractivity contribution in [3.05, 3.63) is 108 Å². The van der Waals surface area contributed by atoms with E-state index in [1.807, 2.05) is 21.7 Å². The minimum atomic E-state index is -0.338. The van der Waals surface area contributed by atoms with Gasteiger partial charge >= 0.3 is 0 Å². The van der Waals surface area contributed by atoms with E-state index in [0.29, 0.717) is 45.2 Å². The molecule has 2 aliphatic heterocycles. The largest absolute Gasteiger partial charge is 0.476 e. The fourth-order valence-electron chi connectivity index (χ4n) is 5.47. The molecule has 2 aromatic heterocycles. The number of hydrogen-bond donors (Lipinski definition) is 0. The molecule has 2 aromatic carbocycles. The maximum atomic E-state index is 13.8. The fraction of sp³-hybridized carbons (Fsp3) is 0.303. The van der Waals surface area contributed by atoms with E-state index in [9.17, 15) is 13.6 Å². The van der Waals surface area contributed by atoms with E-state index in [2.05, 4.69) is 32.9 Å². The molecule has 0 aliphatic carbocycles.